The van der Waals surface area contributed by atoms with Crippen molar-refractivity contribution in [3.05, 3.63) is 23.5 Å². The fourth-order valence-electron chi connectivity index (χ4n) is 3.94. The van der Waals surface area contributed by atoms with Crippen molar-refractivity contribution in [2.45, 2.75) is 44.8 Å². The van der Waals surface area contributed by atoms with Gasteiger partial charge in [0.05, 0.1) is 30.0 Å². The van der Waals surface area contributed by atoms with E-state index in [-0.39, 0.29) is 18.1 Å². The Bertz CT molecular complexity index is 752. The Morgan fingerprint density at radius 2 is 2.17 bits per heavy atom. The molecule has 1 aliphatic heterocycles. The topological polar surface area (TPSA) is 60.2 Å². The summed E-state index contributed by atoms with van der Waals surface area (Å²) in [7, 11) is 1.87. The summed E-state index contributed by atoms with van der Waals surface area (Å²) in [6, 6.07) is 2.15. The van der Waals surface area contributed by atoms with E-state index in [4.69, 9.17) is 4.74 Å². The Hall–Kier alpha value is -1.95. The molecule has 0 radical (unpaired) electrons. The second-order valence-electron chi connectivity index (χ2n) is 6.56. The van der Waals surface area contributed by atoms with Crippen molar-refractivity contribution in [1.29, 1.82) is 0 Å². The van der Waals surface area contributed by atoms with Crippen molar-refractivity contribution in [3.8, 4) is 0 Å². The molecular formula is C17H22N4O2. The van der Waals surface area contributed by atoms with Crippen molar-refractivity contribution in [2.75, 3.05) is 13.2 Å². The molecule has 0 N–H and O–H groups in total. The molecule has 122 valence electrons. The van der Waals surface area contributed by atoms with Crippen LogP contribution in [0, 0.1) is 6.92 Å². The molecule has 1 amide bonds. The summed E-state index contributed by atoms with van der Waals surface area (Å²) < 4.78 is 7.62. The number of hydrogen-bond acceptors (Lipinski definition) is 4. The van der Waals surface area contributed by atoms with Gasteiger partial charge < -0.3 is 9.64 Å². The van der Waals surface area contributed by atoms with E-state index < -0.39 is 0 Å². The molecule has 0 unspecified atom stereocenters. The molecular weight excluding hydrogens is 292 g/mol. The second kappa shape index (κ2) is 5.60. The number of rotatable bonds is 1. The number of pyridine rings is 1. The summed E-state index contributed by atoms with van der Waals surface area (Å²) in [6.45, 7) is 3.25. The SMILES string of the molecule is Cc1nn(C)c2ncc(C(=O)N3CCO[C@H]4CCCC[C@H]43)cc12. The van der Waals surface area contributed by atoms with Crippen LogP contribution in [0.25, 0.3) is 11.0 Å². The zero-order valence-corrected chi connectivity index (χ0v) is 13.7. The lowest BCUT2D eigenvalue weighted by molar-refractivity contribution is -0.0752. The van der Waals surface area contributed by atoms with Crippen LogP contribution in [-0.2, 0) is 11.8 Å². The minimum absolute atomic E-state index is 0.0721. The van der Waals surface area contributed by atoms with E-state index in [1.165, 1.54) is 12.8 Å². The molecule has 4 rings (SSSR count). The fraction of sp³-hybridized carbons (Fsp3) is 0.588. The average Bonchev–Trinajstić information content (AvgIpc) is 2.87. The molecule has 2 aliphatic rings. The molecule has 2 aromatic heterocycles. The van der Waals surface area contributed by atoms with Crippen molar-refractivity contribution < 1.29 is 9.53 Å². The number of carbonyl (C=O) groups is 1. The maximum Gasteiger partial charge on any atom is 0.255 e. The highest BCUT2D eigenvalue weighted by atomic mass is 16.5. The van der Waals surface area contributed by atoms with Crippen molar-refractivity contribution in [3.63, 3.8) is 0 Å². The molecule has 0 bridgehead atoms. The summed E-state index contributed by atoms with van der Waals surface area (Å²) >= 11 is 0. The van der Waals surface area contributed by atoms with E-state index in [0.717, 1.165) is 29.6 Å². The van der Waals surface area contributed by atoms with Gasteiger partial charge in [0.1, 0.15) is 0 Å². The lowest BCUT2D eigenvalue weighted by atomic mass is 9.90. The van der Waals surface area contributed by atoms with E-state index >= 15 is 0 Å². The van der Waals surface area contributed by atoms with Gasteiger partial charge in [0.15, 0.2) is 5.65 Å². The molecule has 2 aromatic rings. The van der Waals surface area contributed by atoms with Gasteiger partial charge in [-0.05, 0) is 25.8 Å². The lowest BCUT2D eigenvalue weighted by Gasteiger charge is -2.43. The summed E-state index contributed by atoms with van der Waals surface area (Å²) in [5, 5.41) is 5.33. The Labute approximate surface area is 135 Å². The number of fused-ring (bicyclic) bond motifs is 2. The van der Waals surface area contributed by atoms with Crippen LogP contribution in [0.15, 0.2) is 12.3 Å². The van der Waals surface area contributed by atoms with E-state index in [9.17, 15) is 4.79 Å². The zero-order chi connectivity index (χ0) is 16.0. The molecule has 3 heterocycles. The van der Waals surface area contributed by atoms with Crippen LogP contribution < -0.4 is 0 Å². The first-order valence-electron chi connectivity index (χ1n) is 8.37. The minimum Gasteiger partial charge on any atom is -0.374 e. The van der Waals surface area contributed by atoms with Gasteiger partial charge in [0, 0.05) is 25.2 Å². The molecule has 6 nitrogen and oxygen atoms in total. The quantitative estimate of drug-likeness (QED) is 0.808. The van der Waals surface area contributed by atoms with Gasteiger partial charge in [0.2, 0.25) is 0 Å². The lowest BCUT2D eigenvalue weighted by Crippen LogP contribution is -2.54. The number of carbonyl (C=O) groups excluding carboxylic acids is 1. The van der Waals surface area contributed by atoms with Gasteiger partial charge in [-0.15, -0.1) is 0 Å². The molecule has 23 heavy (non-hydrogen) atoms. The van der Waals surface area contributed by atoms with Crippen LogP contribution in [0.1, 0.15) is 41.7 Å². The molecule has 1 saturated heterocycles. The molecule has 1 aliphatic carbocycles. The summed E-state index contributed by atoms with van der Waals surface area (Å²) in [4.78, 5) is 19.5. The highest BCUT2D eigenvalue weighted by Crippen LogP contribution is 2.29. The van der Waals surface area contributed by atoms with E-state index in [1.54, 1.807) is 10.9 Å². The highest BCUT2D eigenvalue weighted by Gasteiger charge is 2.37. The highest BCUT2D eigenvalue weighted by molar-refractivity contribution is 5.97. The van der Waals surface area contributed by atoms with Crippen LogP contribution in [0.4, 0.5) is 0 Å². The number of amides is 1. The predicted octanol–water partition coefficient (Wildman–Crippen LogP) is 2.06. The zero-order valence-electron chi connectivity index (χ0n) is 13.7. The third kappa shape index (κ3) is 2.41. The van der Waals surface area contributed by atoms with Crippen molar-refractivity contribution in [1.82, 2.24) is 19.7 Å². The van der Waals surface area contributed by atoms with Gasteiger partial charge in [-0.25, -0.2) is 4.98 Å². The monoisotopic (exact) mass is 314 g/mol. The predicted molar refractivity (Wildman–Crippen MR) is 86.3 cm³/mol. The molecule has 2 fully saturated rings. The summed E-state index contributed by atoms with van der Waals surface area (Å²) in [5.41, 5.74) is 2.37. The van der Waals surface area contributed by atoms with E-state index in [1.807, 2.05) is 24.9 Å². The first-order chi connectivity index (χ1) is 11.1. The van der Waals surface area contributed by atoms with Gasteiger partial charge in [-0.2, -0.15) is 5.10 Å². The summed E-state index contributed by atoms with van der Waals surface area (Å²) in [6.07, 6.45) is 6.36. The van der Waals surface area contributed by atoms with Crippen LogP contribution in [0.5, 0.6) is 0 Å². The number of nitrogens with zero attached hydrogens (tertiary/aromatic N) is 4. The molecule has 6 heteroatoms. The third-order valence-electron chi connectivity index (χ3n) is 5.10. The minimum atomic E-state index is 0.0721. The molecule has 0 aromatic carbocycles. The average molecular weight is 314 g/mol. The van der Waals surface area contributed by atoms with Gasteiger partial charge in [-0.3, -0.25) is 9.48 Å². The van der Waals surface area contributed by atoms with E-state index in [2.05, 4.69) is 10.1 Å². The van der Waals surface area contributed by atoms with E-state index in [0.29, 0.717) is 18.7 Å². The molecule has 0 spiro atoms. The number of morpholine rings is 1. The summed E-state index contributed by atoms with van der Waals surface area (Å²) in [5.74, 6) is 0.0721. The van der Waals surface area contributed by atoms with Crippen molar-refractivity contribution >= 4 is 16.9 Å². The van der Waals surface area contributed by atoms with Crippen LogP contribution in [0.3, 0.4) is 0 Å². The standard InChI is InChI=1S/C17H22N4O2/c1-11-13-9-12(10-18-16(13)20(2)19-11)17(22)21-7-8-23-15-6-4-3-5-14(15)21/h9-10,14-15H,3-8H2,1-2H3/t14-,15+/m1/s1. The van der Waals surface area contributed by atoms with Crippen LogP contribution in [-0.4, -0.2) is 50.9 Å². The fourth-order valence-corrected chi connectivity index (χ4v) is 3.94. The number of hydrogen-bond donors (Lipinski definition) is 0. The molecule has 2 atom stereocenters. The Morgan fingerprint density at radius 1 is 1.35 bits per heavy atom. The van der Waals surface area contributed by atoms with Gasteiger partial charge in [0.25, 0.3) is 5.91 Å². The smallest absolute Gasteiger partial charge is 0.255 e. The van der Waals surface area contributed by atoms with Gasteiger partial charge in [-0.1, -0.05) is 12.8 Å². The third-order valence-corrected chi connectivity index (χ3v) is 5.10. The van der Waals surface area contributed by atoms with Gasteiger partial charge >= 0.3 is 0 Å². The van der Waals surface area contributed by atoms with Crippen LogP contribution in [0.2, 0.25) is 0 Å². The number of aryl methyl sites for hydroxylation is 2. The van der Waals surface area contributed by atoms with Crippen LogP contribution >= 0.6 is 0 Å². The Morgan fingerprint density at radius 3 is 3.04 bits per heavy atom. The maximum absolute atomic E-state index is 13.0. The van der Waals surface area contributed by atoms with Crippen molar-refractivity contribution in [2.24, 2.45) is 7.05 Å². The number of aromatic nitrogens is 3. The largest absolute Gasteiger partial charge is 0.374 e. The second-order valence-corrected chi connectivity index (χ2v) is 6.56. The first kappa shape index (κ1) is 14.6. The first-order valence-corrected chi connectivity index (χ1v) is 8.37. The maximum atomic E-state index is 13.0. The number of ether oxygens (including phenoxy) is 1. The Kier molecular flexibility index (Phi) is 3.56. The Balaban J connectivity index is 1.66. The molecule has 1 saturated carbocycles. The normalized spacial score (nSPS) is 24.7.